The van der Waals surface area contributed by atoms with Crippen molar-refractivity contribution in [1.29, 1.82) is 0 Å². The SMILES string of the molecule is Cc1nc([N+](=O)[O-])c(S(=O)(=O)Cl)cc1C(F)F. The first-order chi connectivity index (χ1) is 7.64. The van der Waals surface area contributed by atoms with Crippen LogP contribution in [0.4, 0.5) is 14.6 Å². The first kappa shape index (κ1) is 13.7. The molecule has 0 aliphatic heterocycles. The number of aryl methyl sites for hydroxylation is 1. The molecule has 1 heterocycles. The molecule has 0 atom stereocenters. The lowest BCUT2D eigenvalue weighted by molar-refractivity contribution is -0.392. The molecule has 0 spiro atoms. The van der Waals surface area contributed by atoms with Crippen molar-refractivity contribution in [2.24, 2.45) is 0 Å². The molecule has 0 saturated heterocycles. The van der Waals surface area contributed by atoms with E-state index in [2.05, 4.69) is 4.98 Å². The third-order valence-corrected chi connectivity index (χ3v) is 3.19. The second-order valence-corrected chi connectivity index (χ2v) is 5.51. The maximum Gasteiger partial charge on any atom is 0.383 e. The Morgan fingerprint density at radius 2 is 2.06 bits per heavy atom. The van der Waals surface area contributed by atoms with Gasteiger partial charge < -0.3 is 10.1 Å². The summed E-state index contributed by atoms with van der Waals surface area (Å²) in [5.74, 6) is -1.07. The Labute approximate surface area is 98.8 Å². The fraction of sp³-hybridized carbons (Fsp3) is 0.286. The van der Waals surface area contributed by atoms with Crippen LogP contribution in [0, 0.1) is 17.0 Å². The fourth-order valence-electron chi connectivity index (χ4n) is 1.12. The molecule has 17 heavy (non-hydrogen) atoms. The number of rotatable bonds is 3. The van der Waals surface area contributed by atoms with Crippen LogP contribution in [-0.2, 0) is 9.05 Å². The second-order valence-electron chi connectivity index (χ2n) is 2.98. The highest BCUT2D eigenvalue weighted by Gasteiger charge is 2.30. The highest BCUT2D eigenvalue weighted by molar-refractivity contribution is 8.13. The maximum atomic E-state index is 12.5. The van der Waals surface area contributed by atoms with E-state index in [0.29, 0.717) is 6.07 Å². The van der Waals surface area contributed by atoms with E-state index in [9.17, 15) is 27.3 Å². The lowest BCUT2D eigenvalue weighted by atomic mass is 10.2. The molecule has 0 aliphatic carbocycles. The summed E-state index contributed by atoms with van der Waals surface area (Å²) in [6.45, 7) is 1.11. The number of aromatic nitrogens is 1. The minimum absolute atomic E-state index is 0.323. The van der Waals surface area contributed by atoms with E-state index < -0.39 is 36.7 Å². The monoisotopic (exact) mass is 286 g/mol. The smallest absolute Gasteiger partial charge is 0.358 e. The predicted molar refractivity (Wildman–Crippen MR) is 53.6 cm³/mol. The van der Waals surface area contributed by atoms with Crippen LogP contribution in [0.15, 0.2) is 11.0 Å². The lowest BCUT2D eigenvalue weighted by Crippen LogP contribution is -2.05. The molecule has 0 N–H and O–H groups in total. The largest absolute Gasteiger partial charge is 0.383 e. The van der Waals surface area contributed by atoms with Crippen LogP contribution in [-0.4, -0.2) is 18.3 Å². The molecule has 0 saturated carbocycles. The third-order valence-electron chi connectivity index (χ3n) is 1.87. The van der Waals surface area contributed by atoms with Gasteiger partial charge in [0.15, 0.2) is 10.6 Å². The lowest BCUT2D eigenvalue weighted by Gasteiger charge is -2.04. The van der Waals surface area contributed by atoms with Crippen LogP contribution < -0.4 is 0 Å². The van der Waals surface area contributed by atoms with Gasteiger partial charge in [0.05, 0.1) is 5.56 Å². The normalized spacial score (nSPS) is 11.8. The first-order valence-electron chi connectivity index (χ1n) is 4.03. The standard InChI is InChI=1S/C7H5ClF2N2O4S/c1-3-4(6(9)10)2-5(17(8,15)16)7(11-3)12(13)14/h2,6H,1H3. The fourth-order valence-corrected chi connectivity index (χ4v) is 2.07. The van der Waals surface area contributed by atoms with E-state index in [-0.39, 0.29) is 5.69 Å². The summed E-state index contributed by atoms with van der Waals surface area (Å²) in [5.41, 5.74) is -1.04. The van der Waals surface area contributed by atoms with Gasteiger partial charge >= 0.3 is 5.82 Å². The van der Waals surface area contributed by atoms with Crippen molar-refractivity contribution in [3.63, 3.8) is 0 Å². The third kappa shape index (κ3) is 2.86. The number of hydrogen-bond acceptors (Lipinski definition) is 5. The summed E-state index contributed by atoms with van der Waals surface area (Å²) < 4.78 is 47.0. The van der Waals surface area contributed by atoms with Crippen molar-refractivity contribution < 1.29 is 22.1 Å². The minimum Gasteiger partial charge on any atom is -0.358 e. The predicted octanol–water partition coefficient (Wildman–Crippen LogP) is 2.16. The molecule has 10 heteroatoms. The molecular weight excluding hydrogens is 282 g/mol. The van der Waals surface area contributed by atoms with Crippen molar-refractivity contribution >= 4 is 25.6 Å². The van der Waals surface area contributed by atoms with Gasteiger partial charge in [-0.15, -0.1) is 0 Å². The summed E-state index contributed by atoms with van der Waals surface area (Å²) in [5, 5.41) is 10.5. The van der Waals surface area contributed by atoms with Gasteiger partial charge in [-0.1, -0.05) is 0 Å². The second kappa shape index (κ2) is 4.49. The van der Waals surface area contributed by atoms with Gasteiger partial charge in [-0.05, 0) is 16.0 Å². The molecule has 0 unspecified atom stereocenters. The van der Waals surface area contributed by atoms with Gasteiger partial charge in [0.1, 0.15) is 0 Å². The quantitative estimate of drug-likeness (QED) is 0.482. The molecule has 0 bridgehead atoms. The summed E-state index contributed by atoms with van der Waals surface area (Å²) in [6, 6.07) is 0.466. The molecule has 1 aromatic rings. The number of hydrogen-bond donors (Lipinski definition) is 0. The van der Waals surface area contributed by atoms with Crippen molar-refractivity contribution in [2.75, 3.05) is 0 Å². The molecule has 0 aromatic carbocycles. The van der Waals surface area contributed by atoms with E-state index in [1.54, 1.807) is 0 Å². The van der Waals surface area contributed by atoms with Crippen LogP contribution in [0.3, 0.4) is 0 Å². The Morgan fingerprint density at radius 1 is 1.53 bits per heavy atom. The summed E-state index contributed by atoms with van der Waals surface area (Å²) in [4.78, 5) is 11.6. The van der Waals surface area contributed by atoms with Gasteiger partial charge in [-0.3, -0.25) is 0 Å². The van der Waals surface area contributed by atoms with Crippen molar-refractivity contribution in [1.82, 2.24) is 4.98 Å². The van der Waals surface area contributed by atoms with Crippen molar-refractivity contribution in [3.8, 4) is 0 Å². The van der Waals surface area contributed by atoms with Crippen molar-refractivity contribution in [3.05, 3.63) is 27.4 Å². The van der Waals surface area contributed by atoms with Crippen LogP contribution in [0.25, 0.3) is 0 Å². The molecule has 1 aromatic heterocycles. The van der Waals surface area contributed by atoms with Gasteiger partial charge in [-0.2, -0.15) is 0 Å². The summed E-state index contributed by atoms with van der Waals surface area (Å²) >= 11 is 0. The van der Waals surface area contributed by atoms with Gasteiger partial charge in [0.25, 0.3) is 15.5 Å². The molecule has 0 radical (unpaired) electrons. The highest BCUT2D eigenvalue weighted by atomic mass is 35.7. The summed E-state index contributed by atoms with van der Waals surface area (Å²) in [7, 11) is 0.403. The van der Waals surface area contributed by atoms with Gasteiger partial charge in [0, 0.05) is 17.6 Å². The Hall–Kier alpha value is -1.35. The number of nitrogens with zero attached hydrogens (tertiary/aromatic N) is 2. The van der Waals surface area contributed by atoms with E-state index in [0.717, 1.165) is 6.92 Å². The number of alkyl halides is 2. The molecule has 94 valence electrons. The Kier molecular flexibility index (Phi) is 3.62. The van der Waals surface area contributed by atoms with Crippen LogP contribution in [0.5, 0.6) is 0 Å². The highest BCUT2D eigenvalue weighted by Crippen LogP contribution is 2.31. The Balaban J connectivity index is 3.66. The molecule has 1 rings (SSSR count). The molecular formula is C7H5ClF2N2O4S. The van der Waals surface area contributed by atoms with E-state index in [1.807, 2.05) is 0 Å². The number of pyridine rings is 1. The molecule has 6 nitrogen and oxygen atoms in total. The summed E-state index contributed by atoms with van der Waals surface area (Å²) in [6.07, 6.45) is -3.00. The maximum absolute atomic E-state index is 12.5. The minimum atomic E-state index is -4.52. The van der Waals surface area contributed by atoms with E-state index >= 15 is 0 Å². The number of halogens is 3. The van der Waals surface area contributed by atoms with Crippen LogP contribution in [0.2, 0.25) is 0 Å². The molecule has 0 aliphatic rings. The van der Waals surface area contributed by atoms with Crippen LogP contribution in [0.1, 0.15) is 17.7 Å². The zero-order valence-corrected chi connectivity index (χ0v) is 9.80. The molecule has 0 amide bonds. The zero-order valence-electron chi connectivity index (χ0n) is 8.22. The van der Waals surface area contributed by atoms with E-state index in [4.69, 9.17) is 10.7 Å². The van der Waals surface area contributed by atoms with Crippen molar-refractivity contribution in [2.45, 2.75) is 18.2 Å². The topological polar surface area (TPSA) is 90.2 Å². The van der Waals surface area contributed by atoms with Gasteiger partial charge in [0.2, 0.25) is 0 Å². The van der Waals surface area contributed by atoms with Gasteiger partial charge in [-0.25, -0.2) is 17.2 Å². The van der Waals surface area contributed by atoms with E-state index in [1.165, 1.54) is 0 Å². The Bertz CT molecular complexity index is 575. The molecule has 0 fully saturated rings. The average molecular weight is 287 g/mol. The van der Waals surface area contributed by atoms with Crippen LogP contribution >= 0.6 is 10.7 Å². The zero-order chi connectivity index (χ0) is 13.4. The number of nitro groups is 1. The Morgan fingerprint density at radius 3 is 2.41 bits per heavy atom. The first-order valence-corrected chi connectivity index (χ1v) is 6.34. The average Bonchev–Trinajstić information content (AvgIpc) is 2.14.